The molecule has 1 saturated heterocycles. The van der Waals surface area contributed by atoms with Gasteiger partial charge in [0.05, 0.1) is 6.04 Å². The van der Waals surface area contributed by atoms with E-state index in [-0.39, 0.29) is 17.7 Å². The molecule has 1 aliphatic heterocycles. The molecule has 1 fully saturated rings. The van der Waals surface area contributed by atoms with Gasteiger partial charge in [-0.25, -0.2) is 4.79 Å². The van der Waals surface area contributed by atoms with E-state index in [2.05, 4.69) is 5.32 Å². The van der Waals surface area contributed by atoms with Crippen molar-refractivity contribution in [2.45, 2.75) is 39.3 Å². The molecule has 1 aliphatic rings. The van der Waals surface area contributed by atoms with Gasteiger partial charge in [-0.2, -0.15) is 5.26 Å². The van der Waals surface area contributed by atoms with Gasteiger partial charge in [0.25, 0.3) is 5.91 Å². The van der Waals surface area contributed by atoms with Gasteiger partial charge in [0.15, 0.2) is 0 Å². The number of rotatable bonds is 4. The lowest BCUT2D eigenvalue weighted by Crippen LogP contribution is -2.48. The Bertz CT molecular complexity index is 754. The summed E-state index contributed by atoms with van der Waals surface area (Å²) in [5.74, 6) is -0.409. The zero-order valence-electron chi connectivity index (χ0n) is 16.9. The van der Waals surface area contributed by atoms with E-state index in [0.717, 1.165) is 5.56 Å². The smallest absolute Gasteiger partial charge is 0.410 e. The van der Waals surface area contributed by atoms with E-state index in [0.29, 0.717) is 26.2 Å². The maximum atomic E-state index is 12.4. The molecule has 150 valence electrons. The minimum atomic E-state index is -0.532. The average Bonchev–Trinajstić information content (AvgIpc) is 2.65. The van der Waals surface area contributed by atoms with Gasteiger partial charge >= 0.3 is 6.09 Å². The van der Waals surface area contributed by atoms with Crippen molar-refractivity contribution >= 4 is 12.0 Å². The van der Waals surface area contributed by atoms with Crippen molar-refractivity contribution in [2.75, 3.05) is 26.2 Å². The standard InChI is InChI=1S/C21H28N4O3/c1-16(17-8-6-5-7-9-17)23-19(26)18(14-22)15-24-10-12-25(13-11-24)20(27)28-21(2,3)4/h5-9,15-16H,10-13H2,1-4H3,(H,23,26)/b18-15-. The predicted molar refractivity (Wildman–Crippen MR) is 106 cm³/mol. The molecular formula is C21H28N4O3. The minimum absolute atomic E-state index is 0.0495. The summed E-state index contributed by atoms with van der Waals surface area (Å²) in [5.41, 5.74) is 0.489. The molecule has 0 spiro atoms. The number of nitrogens with zero attached hydrogens (tertiary/aromatic N) is 3. The number of carbonyl (C=O) groups is 2. The predicted octanol–water partition coefficient (Wildman–Crippen LogP) is 2.82. The van der Waals surface area contributed by atoms with Crippen molar-refractivity contribution in [2.24, 2.45) is 0 Å². The molecule has 0 saturated carbocycles. The Morgan fingerprint density at radius 3 is 2.32 bits per heavy atom. The molecular weight excluding hydrogens is 356 g/mol. The Morgan fingerprint density at radius 1 is 1.18 bits per heavy atom. The van der Waals surface area contributed by atoms with Crippen LogP contribution in [0.1, 0.15) is 39.3 Å². The van der Waals surface area contributed by atoms with Gasteiger partial charge in [-0.1, -0.05) is 30.3 Å². The van der Waals surface area contributed by atoms with Gasteiger partial charge < -0.3 is 19.9 Å². The fourth-order valence-corrected chi connectivity index (χ4v) is 2.78. The molecule has 7 heteroatoms. The molecule has 0 aliphatic carbocycles. The summed E-state index contributed by atoms with van der Waals surface area (Å²) in [7, 11) is 0. The van der Waals surface area contributed by atoms with Gasteiger partial charge in [-0.05, 0) is 33.3 Å². The molecule has 1 aromatic rings. The molecule has 1 heterocycles. The Balaban J connectivity index is 1.92. The average molecular weight is 384 g/mol. The third-order valence-corrected chi connectivity index (χ3v) is 4.29. The van der Waals surface area contributed by atoms with E-state index in [1.54, 1.807) is 11.1 Å². The third kappa shape index (κ3) is 6.31. The van der Waals surface area contributed by atoms with Crippen molar-refractivity contribution in [1.82, 2.24) is 15.1 Å². The molecule has 1 N–H and O–H groups in total. The lowest BCUT2D eigenvalue weighted by Gasteiger charge is -2.35. The largest absolute Gasteiger partial charge is 0.444 e. The Hall–Kier alpha value is -3.01. The highest BCUT2D eigenvalue weighted by Gasteiger charge is 2.25. The molecule has 1 unspecified atom stereocenters. The van der Waals surface area contributed by atoms with Crippen LogP contribution in [-0.2, 0) is 9.53 Å². The van der Waals surface area contributed by atoms with Crippen molar-refractivity contribution in [3.8, 4) is 6.07 Å². The first kappa shape index (κ1) is 21.3. The summed E-state index contributed by atoms with van der Waals surface area (Å²) in [6.07, 6.45) is 1.23. The van der Waals surface area contributed by atoms with Gasteiger partial charge in [-0.15, -0.1) is 0 Å². The van der Waals surface area contributed by atoms with Gasteiger partial charge in [-0.3, -0.25) is 4.79 Å². The summed E-state index contributed by atoms with van der Waals surface area (Å²) < 4.78 is 5.38. The van der Waals surface area contributed by atoms with Gasteiger partial charge in [0, 0.05) is 32.4 Å². The lowest BCUT2D eigenvalue weighted by molar-refractivity contribution is -0.117. The van der Waals surface area contributed by atoms with Crippen molar-refractivity contribution in [3.63, 3.8) is 0 Å². The van der Waals surface area contributed by atoms with E-state index in [9.17, 15) is 14.9 Å². The highest BCUT2D eigenvalue weighted by Crippen LogP contribution is 2.14. The van der Waals surface area contributed by atoms with Gasteiger partial charge in [0.1, 0.15) is 17.2 Å². The second-order valence-corrected chi connectivity index (χ2v) is 7.76. The summed E-state index contributed by atoms with van der Waals surface area (Å²) in [5, 5.41) is 12.2. The quantitative estimate of drug-likeness (QED) is 0.637. The zero-order valence-corrected chi connectivity index (χ0v) is 16.9. The number of piperazine rings is 1. The topological polar surface area (TPSA) is 85.7 Å². The number of ether oxygens (including phenoxy) is 1. The summed E-state index contributed by atoms with van der Waals surface area (Å²) in [6, 6.07) is 11.4. The van der Waals surface area contributed by atoms with E-state index in [1.807, 2.05) is 69.0 Å². The maximum Gasteiger partial charge on any atom is 0.410 e. The van der Waals surface area contributed by atoms with E-state index < -0.39 is 11.5 Å². The van der Waals surface area contributed by atoms with Crippen LogP contribution in [0.25, 0.3) is 0 Å². The molecule has 1 atom stereocenters. The Morgan fingerprint density at radius 2 is 1.79 bits per heavy atom. The van der Waals surface area contributed by atoms with Crippen LogP contribution < -0.4 is 5.32 Å². The SMILES string of the molecule is CC(NC(=O)/C(C#N)=C\N1CCN(C(=O)OC(C)(C)C)CC1)c1ccccc1. The first-order chi connectivity index (χ1) is 13.2. The van der Waals surface area contributed by atoms with E-state index >= 15 is 0 Å². The normalized spacial score (nSPS) is 16.2. The van der Waals surface area contributed by atoms with Crippen LogP contribution in [0, 0.1) is 11.3 Å². The number of hydrogen-bond acceptors (Lipinski definition) is 5. The minimum Gasteiger partial charge on any atom is -0.444 e. The van der Waals surface area contributed by atoms with Crippen LogP contribution in [0.5, 0.6) is 0 Å². The van der Waals surface area contributed by atoms with E-state index in [1.165, 1.54) is 0 Å². The number of nitriles is 1. The number of benzene rings is 1. The molecule has 0 aromatic heterocycles. The molecule has 28 heavy (non-hydrogen) atoms. The second kappa shape index (κ2) is 9.27. The monoisotopic (exact) mass is 384 g/mol. The lowest BCUT2D eigenvalue weighted by atomic mass is 10.1. The van der Waals surface area contributed by atoms with Crippen LogP contribution >= 0.6 is 0 Å². The number of carbonyl (C=O) groups excluding carboxylic acids is 2. The fraction of sp³-hybridized carbons (Fsp3) is 0.476. The van der Waals surface area contributed by atoms with Crippen LogP contribution in [0.4, 0.5) is 4.79 Å². The summed E-state index contributed by atoms with van der Waals surface area (Å²) in [6.45, 7) is 9.40. The van der Waals surface area contributed by atoms with E-state index in [4.69, 9.17) is 4.74 Å². The summed E-state index contributed by atoms with van der Waals surface area (Å²) in [4.78, 5) is 28.1. The second-order valence-electron chi connectivity index (χ2n) is 7.76. The van der Waals surface area contributed by atoms with Crippen molar-refractivity contribution in [3.05, 3.63) is 47.7 Å². The van der Waals surface area contributed by atoms with Crippen LogP contribution in [-0.4, -0.2) is 53.6 Å². The van der Waals surface area contributed by atoms with Crippen LogP contribution in [0.3, 0.4) is 0 Å². The molecule has 7 nitrogen and oxygen atoms in total. The van der Waals surface area contributed by atoms with Gasteiger partial charge in [0.2, 0.25) is 0 Å². The van der Waals surface area contributed by atoms with Crippen molar-refractivity contribution in [1.29, 1.82) is 5.26 Å². The molecule has 0 radical (unpaired) electrons. The fourth-order valence-electron chi connectivity index (χ4n) is 2.78. The summed E-state index contributed by atoms with van der Waals surface area (Å²) >= 11 is 0. The molecule has 2 rings (SSSR count). The molecule has 2 amide bonds. The Labute approximate surface area is 166 Å². The number of hydrogen-bond donors (Lipinski definition) is 1. The molecule has 0 bridgehead atoms. The van der Waals surface area contributed by atoms with Crippen molar-refractivity contribution < 1.29 is 14.3 Å². The zero-order chi connectivity index (χ0) is 20.7. The molecule has 1 aromatic carbocycles. The number of nitrogens with one attached hydrogen (secondary N) is 1. The maximum absolute atomic E-state index is 12.4. The highest BCUT2D eigenvalue weighted by atomic mass is 16.6. The van der Waals surface area contributed by atoms with Crippen LogP contribution in [0.2, 0.25) is 0 Å². The first-order valence-corrected chi connectivity index (χ1v) is 9.39. The van der Waals surface area contributed by atoms with Crippen LogP contribution in [0.15, 0.2) is 42.1 Å². The first-order valence-electron chi connectivity index (χ1n) is 9.39. The number of amides is 2. The highest BCUT2D eigenvalue weighted by molar-refractivity contribution is 5.97. The third-order valence-electron chi connectivity index (χ3n) is 4.29. The Kier molecular flexibility index (Phi) is 7.05.